The van der Waals surface area contributed by atoms with Crippen LogP contribution in [0.5, 0.6) is 5.75 Å². The summed E-state index contributed by atoms with van der Waals surface area (Å²) in [6.07, 6.45) is 0. The Balaban J connectivity index is 1.96. The Morgan fingerprint density at radius 3 is 2.64 bits per heavy atom. The van der Waals surface area contributed by atoms with Gasteiger partial charge < -0.3 is 9.15 Å². The van der Waals surface area contributed by atoms with Crippen molar-refractivity contribution in [2.75, 3.05) is 11.8 Å². The van der Waals surface area contributed by atoms with E-state index >= 15 is 0 Å². The average Bonchev–Trinajstić information content (AvgIpc) is 2.88. The van der Waals surface area contributed by atoms with Gasteiger partial charge in [0.2, 0.25) is 0 Å². The number of nitrogens with one attached hydrogen (secondary N) is 1. The zero-order valence-corrected chi connectivity index (χ0v) is 15.0. The minimum Gasteiger partial charge on any atom is -0.495 e. The van der Waals surface area contributed by atoms with Crippen molar-refractivity contribution < 1.29 is 17.6 Å². The summed E-state index contributed by atoms with van der Waals surface area (Å²) in [5.74, 6) is -0.107. The first kappa shape index (κ1) is 17.4. The standard InChI is InChI=1S/C16H15ClN2O5S/c1-3-19-13-6-4-10(8-15(13)24-16(19)20)18-25(21,22)11-5-7-14(23-2)12(17)9-11/h4-9,18H,3H2,1-2H3. The van der Waals surface area contributed by atoms with E-state index in [1.165, 1.54) is 35.9 Å². The third kappa shape index (κ3) is 3.22. The van der Waals surface area contributed by atoms with E-state index in [0.29, 0.717) is 23.4 Å². The van der Waals surface area contributed by atoms with E-state index in [1.54, 1.807) is 12.1 Å². The van der Waals surface area contributed by atoms with E-state index < -0.39 is 15.8 Å². The number of sulfonamides is 1. The van der Waals surface area contributed by atoms with Crippen LogP contribution in [-0.4, -0.2) is 20.1 Å². The first-order valence-corrected chi connectivity index (χ1v) is 9.21. The van der Waals surface area contributed by atoms with Crippen LogP contribution in [0.4, 0.5) is 5.69 Å². The molecule has 0 aliphatic rings. The molecule has 0 spiro atoms. The minimum atomic E-state index is -3.85. The lowest BCUT2D eigenvalue weighted by atomic mass is 10.3. The molecule has 0 atom stereocenters. The van der Waals surface area contributed by atoms with Crippen LogP contribution in [0.3, 0.4) is 0 Å². The van der Waals surface area contributed by atoms with Gasteiger partial charge in [0.1, 0.15) is 5.75 Å². The molecule has 0 fully saturated rings. The number of halogens is 1. The molecular formula is C16H15ClN2O5S. The highest BCUT2D eigenvalue weighted by molar-refractivity contribution is 7.92. The summed E-state index contributed by atoms with van der Waals surface area (Å²) in [7, 11) is -2.41. The fraction of sp³-hybridized carbons (Fsp3) is 0.188. The summed E-state index contributed by atoms with van der Waals surface area (Å²) in [5, 5.41) is 0.187. The van der Waals surface area contributed by atoms with E-state index in [1.807, 2.05) is 6.92 Å². The van der Waals surface area contributed by atoms with E-state index in [9.17, 15) is 13.2 Å². The van der Waals surface area contributed by atoms with Crippen LogP contribution < -0.4 is 15.2 Å². The predicted octanol–water partition coefficient (Wildman–Crippen LogP) is 3.08. The summed E-state index contributed by atoms with van der Waals surface area (Å²) in [6.45, 7) is 2.28. The van der Waals surface area contributed by atoms with Gasteiger partial charge in [-0.2, -0.15) is 0 Å². The number of anilines is 1. The van der Waals surface area contributed by atoms with Crippen LogP contribution in [0.2, 0.25) is 5.02 Å². The molecule has 7 nitrogen and oxygen atoms in total. The summed E-state index contributed by atoms with van der Waals surface area (Å²) >= 11 is 5.98. The van der Waals surface area contributed by atoms with Crippen molar-refractivity contribution in [3.63, 3.8) is 0 Å². The van der Waals surface area contributed by atoms with Gasteiger partial charge in [-0.15, -0.1) is 0 Å². The number of oxazole rings is 1. The van der Waals surface area contributed by atoms with Crippen molar-refractivity contribution in [1.29, 1.82) is 0 Å². The normalized spacial score (nSPS) is 11.6. The molecule has 9 heteroatoms. The highest BCUT2D eigenvalue weighted by Gasteiger charge is 2.17. The van der Waals surface area contributed by atoms with Gasteiger partial charge in [0, 0.05) is 12.6 Å². The van der Waals surface area contributed by atoms with E-state index in [-0.39, 0.29) is 15.6 Å². The Morgan fingerprint density at radius 2 is 2.00 bits per heavy atom. The summed E-state index contributed by atoms with van der Waals surface area (Å²) in [5.41, 5.74) is 1.18. The highest BCUT2D eigenvalue weighted by Crippen LogP contribution is 2.28. The van der Waals surface area contributed by atoms with E-state index in [4.69, 9.17) is 20.8 Å². The van der Waals surface area contributed by atoms with Gasteiger partial charge in [0.25, 0.3) is 10.0 Å². The monoisotopic (exact) mass is 382 g/mol. The van der Waals surface area contributed by atoms with Crippen LogP contribution in [0.15, 0.2) is 50.5 Å². The number of hydrogen-bond donors (Lipinski definition) is 1. The fourth-order valence-electron chi connectivity index (χ4n) is 2.46. The van der Waals surface area contributed by atoms with Crippen molar-refractivity contribution >= 4 is 38.4 Å². The summed E-state index contributed by atoms with van der Waals surface area (Å²) in [4.78, 5) is 11.7. The molecule has 132 valence electrons. The Morgan fingerprint density at radius 1 is 1.24 bits per heavy atom. The molecule has 2 aromatic carbocycles. The van der Waals surface area contributed by atoms with E-state index in [2.05, 4.69) is 4.72 Å². The van der Waals surface area contributed by atoms with Crippen LogP contribution in [0.1, 0.15) is 6.92 Å². The number of rotatable bonds is 5. The van der Waals surface area contributed by atoms with Gasteiger partial charge in [-0.1, -0.05) is 11.6 Å². The van der Waals surface area contributed by atoms with Crippen molar-refractivity contribution in [2.24, 2.45) is 0 Å². The van der Waals surface area contributed by atoms with Gasteiger partial charge in [0.15, 0.2) is 5.58 Å². The predicted molar refractivity (Wildman–Crippen MR) is 95.0 cm³/mol. The van der Waals surface area contributed by atoms with Crippen molar-refractivity contribution in [1.82, 2.24) is 4.57 Å². The van der Waals surface area contributed by atoms with Crippen LogP contribution in [0.25, 0.3) is 11.1 Å². The molecule has 0 unspecified atom stereocenters. The Bertz CT molecular complexity index is 1100. The van der Waals surface area contributed by atoms with Gasteiger partial charge in [-0.05, 0) is 37.3 Å². The molecule has 1 N–H and O–H groups in total. The second-order valence-corrected chi connectivity index (χ2v) is 7.29. The largest absolute Gasteiger partial charge is 0.495 e. The zero-order valence-electron chi connectivity index (χ0n) is 13.4. The SMILES string of the molecule is CCn1c(=O)oc2cc(NS(=O)(=O)c3ccc(OC)c(Cl)c3)ccc21. The summed E-state index contributed by atoms with van der Waals surface area (Å²) in [6, 6.07) is 8.81. The maximum Gasteiger partial charge on any atom is 0.419 e. The molecule has 0 aliphatic carbocycles. The zero-order chi connectivity index (χ0) is 18.2. The van der Waals surface area contributed by atoms with Crippen molar-refractivity contribution in [3.8, 4) is 5.75 Å². The maximum absolute atomic E-state index is 12.5. The van der Waals surface area contributed by atoms with Crippen LogP contribution in [0, 0.1) is 0 Å². The van der Waals surface area contributed by atoms with Crippen LogP contribution >= 0.6 is 11.6 Å². The van der Waals surface area contributed by atoms with Crippen LogP contribution in [-0.2, 0) is 16.6 Å². The Labute approximate surface area is 148 Å². The molecule has 0 aliphatic heterocycles. The molecule has 0 bridgehead atoms. The van der Waals surface area contributed by atoms with Gasteiger partial charge in [0.05, 0.1) is 28.2 Å². The second kappa shape index (κ2) is 6.45. The third-order valence-corrected chi connectivity index (χ3v) is 5.34. The molecule has 0 saturated carbocycles. The first-order valence-electron chi connectivity index (χ1n) is 7.35. The maximum atomic E-state index is 12.5. The van der Waals surface area contributed by atoms with E-state index in [0.717, 1.165) is 0 Å². The lowest BCUT2D eigenvalue weighted by Crippen LogP contribution is -2.13. The Hall–Kier alpha value is -2.45. The number of aryl methyl sites for hydroxylation is 1. The molecule has 0 radical (unpaired) electrons. The lowest BCUT2D eigenvalue weighted by Gasteiger charge is -2.10. The number of methoxy groups -OCH3 is 1. The molecule has 0 saturated heterocycles. The third-order valence-electron chi connectivity index (χ3n) is 3.67. The molecule has 3 rings (SSSR count). The number of hydrogen-bond acceptors (Lipinski definition) is 5. The minimum absolute atomic E-state index is 0.00835. The molecular weight excluding hydrogens is 368 g/mol. The molecule has 1 heterocycles. The summed E-state index contributed by atoms with van der Waals surface area (Å²) < 4.78 is 39.1. The second-order valence-electron chi connectivity index (χ2n) is 5.20. The topological polar surface area (TPSA) is 90.5 Å². The molecule has 1 aromatic heterocycles. The highest BCUT2D eigenvalue weighted by atomic mass is 35.5. The number of aromatic nitrogens is 1. The molecule has 0 amide bonds. The first-order chi connectivity index (χ1) is 11.9. The smallest absolute Gasteiger partial charge is 0.419 e. The molecule has 25 heavy (non-hydrogen) atoms. The number of benzene rings is 2. The number of nitrogens with zero attached hydrogens (tertiary/aromatic N) is 1. The number of fused-ring (bicyclic) bond motifs is 1. The number of ether oxygens (including phenoxy) is 1. The van der Waals surface area contributed by atoms with Gasteiger partial charge in [-0.25, -0.2) is 13.2 Å². The fourth-order valence-corrected chi connectivity index (χ4v) is 3.86. The average molecular weight is 383 g/mol. The van der Waals surface area contributed by atoms with Gasteiger partial charge in [-0.3, -0.25) is 9.29 Å². The van der Waals surface area contributed by atoms with Crippen molar-refractivity contribution in [3.05, 3.63) is 52.0 Å². The van der Waals surface area contributed by atoms with Gasteiger partial charge >= 0.3 is 5.76 Å². The lowest BCUT2D eigenvalue weighted by molar-refractivity contribution is 0.414. The Kier molecular flexibility index (Phi) is 4.49. The quantitative estimate of drug-likeness (QED) is 0.732. The van der Waals surface area contributed by atoms with Crippen molar-refractivity contribution in [2.45, 2.75) is 18.4 Å². The molecule has 3 aromatic rings.